The van der Waals surface area contributed by atoms with E-state index in [4.69, 9.17) is 4.74 Å². The van der Waals surface area contributed by atoms with Crippen LogP contribution in [0.5, 0.6) is 0 Å². The summed E-state index contributed by atoms with van der Waals surface area (Å²) >= 11 is 1.72. The van der Waals surface area contributed by atoms with E-state index in [9.17, 15) is 0 Å². The van der Waals surface area contributed by atoms with E-state index in [0.29, 0.717) is 6.61 Å². The number of methoxy groups -OCH3 is 1. The van der Waals surface area contributed by atoms with Gasteiger partial charge in [-0.3, -0.25) is 9.88 Å². The zero-order chi connectivity index (χ0) is 13.9. The molecule has 0 spiro atoms. The summed E-state index contributed by atoms with van der Waals surface area (Å²) in [5.41, 5.74) is 5.16. The second-order valence-electron chi connectivity index (χ2n) is 5.19. The van der Waals surface area contributed by atoms with E-state index in [1.54, 1.807) is 18.4 Å². The van der Waals surface area contributed by atoms with Crippen molar-refractivity contribution < 1.29 is 4.74 Å². The Balaban J connectivity index is 1.73. The number of pyridine rings is 1. The Labute approximate surface area is 123 Å². The highest BCUT2D eigenvalue weighted by Crippen LogP contribution is 2.23. The third-order valence-electron chi connectivity index (χ3n) is 3.66. The molecule has 1 aliphatic rings. The summed E-state index contributed by atoms with van der Waals surface area (Å²) in [7, 11) is 1.74. The molecule has 1 aliphatic heterocycles. The fraction of sp³-hybridized carbons (Fsp3) is 0.467. The van der Waals surface area contributed by atoms with Crippen LogP contribution in [0.25, 0.3) is 0 Å². The SMILES string of the molecule is COCc1cncc2c1CCN(Cc1csc(C)n1)C2. The third-order valence-corrected chi connectivity index (χ3v) is 4.48. The van der Waals surface area contributed by atoms with Gasteiger partial charge in [0, 0.05) is 44.5 Å². The predicted molar refractivity (Wildman–Crippen MR) is 79.6 cm³/mol. The summed E-state index contributed by atoms with van der Waals surface area (Å²) in [4.78, 5) is 11.3. The van der Waals surface area contributed by atoms with Gasteiger partial charge in [-0.15, -0.1) is 11.3 Å². The molecule has 0 bridgehead atoms. The van der Waals surface area contributed by atoms with Gasteiger partial charge in [0.1, 0.15) is 0 Å². The molecule has 2 aromatic rings. The molecular weight excluding hydrogens is 270 g/mol. The predicted octanol–water partition coefficient (Wildman–Crippen LogP) is 2.55. The first-order valence-corrected chi connectivity index (χ1v) is 7.71. The molecule has 20 heavy (non-hydrogen) atoms. The Kier molecular flexibility index (Phi) is 4.10. The van der Waals surface area contributed by atoms with E-state index < -0.39 is 0 Å². The second-order valence-corrected chi connectivity index (χ2v) is 6.25. The molecule has 4 nitrogen and oxygen atoms in total. The van der Waals surface area contributed by atoms with Gasteiger partial charge in [0.15, 0.2) is 0 Å². The Morgan fingerprint density at radius 3 is 3.05 bits per heavy atom. The first-order chi connectivity index (χ1) is 9.76. The van der Waals surface area contributed by atoms with Crippen LogP contribution in [0.3, 0.4) is 0 Å². The number of ether oxygens (including phenoxy) is 1. The normalized spacial score (nSPS) is 15.3. The van der Waals surface area contributed by atoms with Crippen molar-refractivity contribution in [2.24, 2.45) is 0 Å². The number of rotatable bonds is 4. The van der Waals surface area contributed by atoms with Crippen LogP contribution in [0.2, 0.25) is 0 Å². The van der Waals surface area contributed by atoms with E-state index in [1.165, 1.54) is 22.4 Å². The molecule has 0 N–H and O–H groups in total. The van der Waals surface area contributed by atoms with E-state index in [0.717, 1.165) is 31.1 Å². The second kappa shape index (κ2) is 5.99. The fourth-order valence-corrected chi connectivity index (χ4v) is 3.36. The summed E-state index contributed by atoms with van der Waals surface area (Å²) in [6.45, 7) is 5.67. The van der Waals surface area contributed by atoms with Gasteiger partial charge in [-0.05, 0) is 30.0 Å². The van der Waals surface area contributed by atoms with Gasteiger partial charge in [0.25, 0.3) is 0 Å². The first-order valence-electron chi connectivity index (χ1n) is 6.83. The minimum atomic E-state index is 0.654. The quantitative estimate of drug-likeness (QED) is 0.867. The minimum absolute atomic E-state index is 0.654. The molecular formula is C15H19N3OS. The number of hydrogen-bond acceptors (Lipinski definition) is 5. The van der Waals surface area contributed by atoms with E-state index in [-0.39, 0.29) is 0 Å². The van der Waals surface area contributed by atoms with Gasteiger partial charge in [0.2, 0.25) is 0 Å². The lowest BCUT2D eigenvalue weighted by Gasteiger charge is -2.29. The van der Waals surface area contributed by atoms with Crippen LogP contribution in [-0.2, 0) is 30.9 Å². The minimum Gasteiger partial charge on any atom is -0.380 e. The average Bonchev–Trinajstić information content (AvgIpc) is 2.84. The molecule has 0 aromatic carbocycles. The van der Waals surface area contributed by atoms with Crippen molar-refractivity contribution in [3.63, 3.8) is 0 Å². The molecule has 2 aromatic heterocycles. The molecule has 0 amide bonds. The zero-order valence-electron chi connectivity index (χ0n) is 11.9. The summed E-state index contributed by atoms with van der Waals surface area (Å²) in [5, 5.41) is 3.30. The highest BCUT2D eigenvalue weighted by Gasteiger charge is 2.19. The van der Waals surface area contributed by atoms with Crippen molar-refractivity contribution in [2.45, 2.75) is 33.0 Å². The van der Waals surface area contributed by atoms with Crippen LogP contribution >= 0.6 is 11.3 Å². The average molecular weight is 289 g/mol. The molecule has 0 aliphatic carbocycles. The standard InChI is InChI=1S/C15H19N3OS/c1-11-17-14(10-20-11)8-18-4-3-15-12(7-18)5-16-6-13(15)9-19-2/h5-6,10H,3-4,7-9H2,1-2H3. The van der Waals surface area contributed by atoms with Gasteiger partial charge in [-0.2, -0.15) is 0 Å². The number of nitrogens with zero attached hydrogens (tertiary/aromatic N) is 3. The lowest BCUT2D eigenvalue weighted by atomic mass is 9.97. The number of thiazole rings is 1. The lowest BCUT2D eigenvalue weighted by Crippen LogP contribution is -2.31. The van der Waals surface area contributed by atoms with Crippen LogP contribution in [0, 0.1) is 6.92 Å². The maximum atomic E-state index is 5.26. The Morgan fingerprint density at radius 1 is 1.40 bits per heavy atom. The van der Waals surface area contributed by atoms with Crippen LogP contribution in [0.1, 0.15) is 27.4 Å². The molecule has 0 unspecified atom stereocenters. The molecule has 0 atom stereocenters. The number of fused-ring (bicyclic) bond motifs is 1. The van der Waals surface area contributed by atoms with E-state index in [1.807, 2.05) is 12.4 Å². The Hall–Kier alpha value is -1.30. The molecule has 3 rings (SSSR count). The molecule has 0 saturated carbocycles. The summed E-state index contributed by atoms with van der Waals surface area (Å²) in [5.74, 6) is 0. The summed E-state index contributed by atoms with van der Waals surface area (Å²) in [6.07, 6.45) is 4.99. The van der Waals surface area contributed by atoms with Gasteiger partial charge in [-0.1, -0.05) is 0 Å². The van der Waals surface area contributed by atoms with Crippen LogP contribution in [0.4, 0.5) is 0 Å². The zero-order valence-corrected chi connectivity index (χ0v) is 12.7. The highest BCUT2D eigenvalue weighted by atomic mass is 32.1. The molecule has 0 radical (unpaired) electrons. The maximum absolute atomic E-state index is 5.26. The third kappa shape index (κ3) is 2.90. The monoisotopic (exact) mass is 289 g/mol. The van der Waals surface area contributed by atoms with Crippen molar-refractivity contribution >= 4 is 11.3 Å². The Morgan fingerprint density at radius 2 is 2.30 bits per heavy atom. The van der Waals surface area contributed by atoms with Crippen molar-refractivity contribution in [1.82, 2.24) is 14.9 Å². The molecule has 106 valence electrons. The van der Waals surface area contributed by atoms with Crippen LogP contribution < -0.4 is 0 Å². The van der Waals surface area contributed by atoms with Crippen LogP contribution in [0.15, 0.2) is 17.8 Å². The molecule has 5 heteroatoms. The van der Waals surface area contributed by atoms with E-state index >= 15 is 0 Å². The number of aromatic nitrogens is 2. The van der Waals surface area contributed by atoms with Crippen molar-refractivity contribution in [3.8, 4) is 0 Å². The summed E-state index contributed by atoms with van der Waals surface area (Å²) < 4.78 is 5.26. The van der Waals surface area contributed by atoms with Gasteiger partial charge in [-0.25, -0.2) is 4.98 Å². The highest BCUT2D eigenvalue weighted by molar-refractivity contribution is 7.09. The summed E-state index contributed by atoms with van der Waals surface area (Å²) in [6, 6.07) is 0. The largest absolute Gasteiger partial charge is 0.380 e. The Bertz CT molecular complexity index is 597. The smallest absolute Gasteiger partial charge is 0.0897 e. The van der Waals surface area contributed by atoms with Crippen LogP contribution in [-0.4, -0.2) is 28.5 Å². The van der Waals surface area contributed by atoms with Crippen molar-refractivity contribution in [3.05, 3.63) is 45.2 Å². The molecule has 3 heterocycles. The number of hydrogen-bond donors (Lipinski definition) is 0. The number of aryl methyl sites for hydroxylation is 1. The van der Waals surface area contributed by atoms with Gasteiger partial charge >= 0.3 is 0 Å². The first kappa shape index (κ1) is 13.7. The lowest BCUT2D eigenvalue weighted by molar-refractivity contribution is 0.181. The molecule has 0 saturated heterocycles. The van der Waals surface area contributed by atoms with Gasteiger partial charge < -0.3 is 4.74 Å². The fourth-order valence-electron chi connectivity index (χ4n) is 2.75. The van der Waals surface area contributed by atoms with Crippen molar-refractivity contribution in [2.75, 3.05) is 13.7 Å². The molecule has 0 fully saturated rings. The van der Waals surface area contributed by atoms with Crippen molar-refractivity contribution in [1.29, 1.82) is 0 Å². The topological polar surface area (TPSA) is 38.2 Å². The van der Waals surface area contributed by atoms with Gasteiger partial charge in [0.05, 0.1) is 17.3 Å². The van der Waals surface area contributed by atoms with E-state index in [2.05, 4.69) is 27.2 Å². The maximum Gasteiger partial charge on any atom is 0.0897 e.